The zero-order chi connectivity index (χ0) is 11.3. The number of amides is 1. The number of rotatable bonds is 5. The Morgan fingerprint density at radius 3 is 2.14 bits per heavy atom. The topological polar surface area (TPSA) is 49.6 Å². The molecule has 0 aromatic rings. The third kappa shape index (κ3) is 4.58. The largest absolute Gasteiger partial charge is 0.347 e. The first kappa shape index (κ1) is 13.4. The second-order valence-electron chi connectivity index (χ2n) is 4.16. The van der Waals surface area contributed by atoms with Gasteiger partial charge >= 0.3 is 0 Å². The van der Waals surface area contributed by atoms with E-state index in [1.165, 1.54) is 0 Å². The first-order valence-corrected chi connectivity index (χ1v) is 5.03. The van der Waals surface area contributed by atoms with Crippen LogP contribution in [0.1, 0.15) is 20.3 Å². The van der Waals surface area contributed by atoms with Crippen molar-refractivity contribution in [1.82, 2.24) is 9.80 Å². The van der Waals surface area contributed by atoms with Gasteiger partial charge in [-0.15, -0.1) is 0 Å². The van der Waals surface area contributed by atoms with Gasteiger partial charge in [0.15, 0.2) is 0 Å². The van der Waals surface area contributed by atoms with E-state index >= 15 is 0 Å². The van der Waals surface area contributed by atoms with Gasteiger partial charge in [0.1, 0.15) is 0 Å². The minimum atomic E-state index is -0.0660. The van der Waals surface area contributed by atoms with Crippen molar-refractivity contribution in [2.75, 3.05) is 27.7 Å². The van der Waals surface area contributed by atoms with Gasteiger partial charge in [-0.3, -0.25) is 9.69 Å². The van der Waals surface area contributed by atoms with E-state index in [1.807, 2.05) is 25.8 Å². The second kappa shape index (κ2) is 5.98. The number of nitrogens with zero attached hydrogens (tertiary/aromatic N) is 2. The van der Waals surface area contributed by atoms with Gasteiger partial charge in [-0.25, -0.2) is 0 Å². The van der Waals surface area contributed by atoms with Crippen molar-refractivity contribution < 1.29 is 4.79 Å². The van der Waals surface area contributed by atoms with Gasteiger partial charge in [-0.1, -0.05) is 0 Å². The summed E-state index contributed by atoms with van der Waals surface area (Å²) < 4.78 is 0. The molecule has 0 radical (unpaired) electrons. The summed E-state index contributed by atoms with van der Waals surface area (Å²) in [7, 11) is 5.50. The Hall–Kier alpha value is -0.610. The Bertz CT molecular complexity index is 180. The van der Waals surface area contributed by atoms with Crippen LogP contribution in [0, 0.1) is 0 Å². The molecule has 84 valence electrons. The standard InChI is InChI=1S/C10H23N3O/c1-8(11)6-7-13(5)9(2)10(14)12(3)4/h8-9H,6-7,11H2,1-5H3. The summed E-state index contributed by atoms with van der Waals surface area (Å²) in [6, 6.07) is 0.128. The Morgan fingerprint density at radius 2 is 1.79 bits per heavy atom. The molecule has 0 saturated heterocycles. The molecule has 4 nitrogen and oxygen atoms in total. The van der Waals surface area contributed by atoms with Crippen molar-refractivity contribution in [3.8, 4) is 0 Å². The van der Waals surface area contributed by atoms with Gasteiger partial charge in [0, 0.05) is 26.7 Å². The second-order valence-corrected chi connectivity index (χ2v) is 4.16. The van der Waals surface area contributed by atoms with E-state index < -0.39 is 0 Å². The predicted octanol–water partition coefficient (Wildman–Crippen LogP) is 0.132. The molecule has 0 aliphatic carbocycles. The van der Waals surface area contributed by atoms with Crippen LogP contribution in [0.3, 0.4) is 0 Å². The van der Waals surface area contributed by atoms with Crippen LogP contribution < -0.4 is 5.73 Å². The first-order valence-electron chi connectivity index (χ1n) is 5.03. The highest BCUT2D eigenvalue weighted by molar-refractivity contribution is 5.80. The molecular weight excluding hydrogens is 178 g/mol. The lowest BCUT2D eigenvalue weighted by atomic mass is 10.2. The zero-order valence-electron chi connectivity index (χ0n) is 9.95. The third-order valence-corrected chi connectivity index (χ3v) is 2.40. The summed E-state index contributed by atoms with van der Waals surface area (Å²) >= 11 is 0. The predicted molar refractivity (Wildman–Crippen MR) is 59.1 cm³/mol. The molecule has 14 heavy (non-hydrogen) atoms. The van der Waals surface area contributed by atoms with E-state index in [9.17, 15) is 4.79 Å². The number of hydrogen-bond donors (Lipinski definition) is 1. The Balaban J connectivity index is 3.98. The molecule has 0 aromatic carbocycles. The maximum Gasteiger partial charge on any atom is 0.239 e. The van der Waals surface area contributed by atoms with Crippen molar-refractivity contribution in [3.05, 3.63) is 0 Å². The van der Waals surface area contributed by atoms with E-state index in [2.05, 4.69) is 0 Å². The number of carbonyl (C=O) groups excluding carboxylic acids is 1. The highest BCUT2D eigenvalue weighted by Gasteiger charge is 2.19. The minimum absolute atomic E-state index is 0.0660. The maximum absolute atomic E-state index is 11.6. The van der Waals surface area contributed by atoms with E-state index in [-0.39, 0.29) is 18.0 Å². The zero-order valence-corrected chi connectivity index (χ0v) is 9.95. The third-order valence-electron chi connectivity index (χ3n) is 2.40. The molecule has 0 aliphatic heterocycles. The lowest BCUT2D eigenvalue weighted by Gasteiger charge is -2.26. The number of nitrogens with two attached hydrogens (primary N) is 1. The van der Waals surface area contributed by atoms with Gasteiger partial charge in [-0.05, 0) is 27.3 Å². The SMILES string of the molecule is CC(N)CCN(C)C(C)C(=O)N(C)C. The molecular formula is C10H23N3O. The molecule has 0 saturated carbocycles. The molecule has 0 bridgehead atoms. The molecule has 0 spiro atoms. The van der Waals surface area contributed by atoms with Gasteiger partial charge in [-0.2, -0.15) is 0 Å². The van der Waals surface area contributed by atoms with Gasteiger partial charge < -0.3 is 10.6 Å². The first-order chi connectivity index (χ1) is 6.36. The molecule has 0 rings (SSSR count). The molecule has 2 N–H and O–H groups in total. The van der Waals surface area contributed by atoms with E-state index in [4.69, 9.17) is 5.73 Å². The van der Waals surface area contributed by atoms with Crippen molar-refractivity contribution in [2.45, 2.75) is 32.4 Å². The van der Waals surface area contributed by atoms with Crippen LogP contribution in [0.2, 0.25) is 0 Å². The van der Waals surface area contributed by atoms with Gasteiger partial charge in [0.25, 0.3) is 0 Å². The van der Waals surface area contributed by atoms with E-state index in [0.717, 1.165) is 13.0 Å². The molecule has 0 heterocycles. The van der Waals surface area contributed by atoms with E-state index in [0.29, 0.717) is 0 Å². The summed E-state index contributed by atoms with van der Waals surface area (Å²) in [6.45, 7) is 4.76. The lowest BCUT2D eigenvalue weighted by molar-refractivity contribution is -0.133. The average molecular weight is 201 g/mol. The number of likely N-dealkylation sites (N-methyl/N-ethyl adjacent to an activating group) is 2. The maximum atomic E-state index is 11.6. The van der Waals surface area contributed by atoms with Crippen molar-refractivity contribution >= 4 is 5.91 Å². The Labute approximate surface area is 87.0 Å². The number of carbonyl (C=O) groups is 1. The molecule has 2 unspecified atom stereocenters. The highest BCUT2D eigenvalue weighted by atomic mass is 16.2. The fraction of sp³-hybridized carbons (Fsp3) is 0.900. The monoisotopic (exact) mass is 201 g/mol. The van der Waals surface area contributed by atoms with Crippen LogP contribution in [0.4, 0.5) is 0 Å². The summed E-state index contributed by atoms with van der Waals surface area (Å²) in [6.07, 6.45) is 0.918. The molecule has 0 fully saturated rings. The Kier molecular flexibility index (Phi) is 5.72. The van der Waals surface area contributed by atoms with Crippen LogP contribution >= 0.6 is 0 Å². The van der Waals surface area contributed by atoms with E-state index in [1.54, 1.807) is 19.0 Å². The average Bonchev–Trinajstić information content (AvgIpc) is 2.11. The minimum Gasteiger partial charge on any atom is -0.347 e. The smallest absolute Gasteiger partial charge is 0.239 e. The molecule has 1 amide bonds. The van der Waals surface area contributed by atoms with Crippen molar-refractivity contribution in [3.63, 3.8) is 0 Å². The van der Waals surface area contributed by atoms with Crippen LogP contribution in [0.25, 0.3) is 0 Å². The molecule has 2 atom stereocenters. The molecule has 4 heteroatoms. The normalized spacial score (nSPS) is 15.4. The Morgan fingerprint density at radius 1 is 1.29 bits per heavy atom. The fourth-order valence-corrected chi connectivity index (χ4v) is 1.16. The molecule has 0 aliphatic rings. The summed E-state index contributed by atoms with van der Waals surface area (Å²) in [5.74, 6) is 0.136. The van der Waals surface area contributed by atoms with Crippen LogP contribution in [-0.4, -0.2) is 55.5 Å². The number of hydrogen-bond acceptors (Lipinski definition) is 3. The summed E-state index contributed by atoms with van der Waals surface area (Å²) in [5.41, 5.74) is 5.65. The van der Waals surface area contributed by atoms with Gasteiger partial charge in [0.05, 0.1) is 6.04 Å². The van der Waals surface area contributed by atoms with Crippen LogP contribution in [0.15, 0.2) is 0 Å². The summed E-state index contributed by atoms with van der Waals surface area (Å²) in [4.78, 5) is 15.2. The van der Waals surface area contributed by atoms with Crippen LogP contribution in [-0.2, 0) is 4.79 Å². The fourth-order valence-electron chi connectivity index (χ4n) is 1.16. The van der Waals surface area contributed by atoms with Crippen LogP contribution in [0.5, 0.6) is 0 Å². The summed E-state index contributed by atoms with van der Waals surface area (Å²) in [5, 5.41) is 0. The molecule has 0 aromatic heterocycles. The quantitative estimate of drug-likeness (QED) is 0.688. The van der Waals surface area contributed by atoms with Crippen molar-refractivity contribution in [1.29, 1.82) is 0 Å². The highest BCUT2D eigenvalue weighted by Crippen LogP contribution is 2.01. The lowest BCUT2D eigenvalue weighted by Crippen LogP contribution is -2.43. The van der Waals surface area contributed by atoms with Crippen molar-refractivity contribution in [2.24, 2.45) is 5.73 Å². The van der Waals surface area contributed by atoms with Gasteiger partial charge in [0.2, 0.25) is 5.91 Å².